The van der Waals surface area contributed by atoms with E-state index in [-0.39, 0.29) is 4.95 Å². The summed E-state index contributed by atoms with van der Waals surface area (Å²) in [5.41, 5.74) is 2.17. The molecule has 0 fully saturated rings. The van der Waals surface area contributed by atoms with Gasteiger partial charge in [0, 0.05) is 5.33 Å². The van der Waals surface area contributed by atoms with Crippen molar-refractivity contribution >= 4 is 47.8 Å². The van der Waals surface area contributed by atoms with Crippen LogP contribution in [0, 0.1) is 13.8 Å². The molecule has 0 bridgehead atoms. The van der Waals surface area contributed by atoms with Crippen LogP contribution in [-0.2, 0) is 0 Å². The van der Waals surface area contributed by atoms with Crippen LogP contribution in [0.5, 0.6) is 0 Å². The Bertz CT molecular complexity index is 282. The first-order valence-electron chi connectivity index (χ1n) is 3.49. The maximum atomic E-state index is 4.37. The summed E-state index contributed by atoms with van der Waals surface area (Å²) in [6.45, 7) is 4.03. The van der Waals surface area contributed by atoms with Crippen LogP contribution in [-0.4, -0.2) is 15.1 Å². The van der Waals surface area contributed by atoms with Crippen molar-refractivity contribution in [2.75, 3.05) is 5.33 Å². The van der Waals surface area contributed by atoms with E-state index < -0.39 is 0 Å². The summed E-state index contributed by atoms with van der Waals surface area (Å²) < 4.78 is 3.04. The first-order valence-corrected chi connectivity index (χ1v) is 6.32. The highest BCUT2D eigenvalue weighted by atomic mass is 79.9. The molecular weight excluding hydrogens is 352 g/mol. The molecule has 0 aliphatic rings. The fraction of sp³-hybridized carbons (Fsp3) is 0.571. The molecule has 0 aliphatic heterocycles. The molecule has 0 radical (unpaired) electrons. The molecule has 2 nitrogen and oxygen atoms in total. The van der Waals surface area contributed by atoms with Crippen LogP contribution in [0.25, 0.3) is 0 Å². The van der Waals surface area contributed by atoms with Crippen molar-refractivity contribution < 1.29 is 0 Å². The minimum absolute atomic E-state index is 0.225. The summed E-state index contributed by atoms with van der Waals surface area (Å²) >= 11 is 10.4. The minimum atomic E-state index is 0.225. The summed E-state index contributed by atoms with van der Waals surface area (Å²) in [4.78, 5) is 0.225. The van der Waals surface area contributed by atoms with E-state index in [1.165, 1.54) is 0 Å². The zero-order chi connectivity index (χ0) is 9.30. The second-order valence-electron chi connectivity index (χ2n) is 2.52. The van der Waals surface area contributed by atoms with Gasteiger partial charge in [0.15, 0.2) is 0 Å². The summed E-state index contributed by atoms with van der Waals surface area (Å²) in [6.07, 6.45) is 0. The molecule has 1 aromatic heterocycles. The standard InChI is InChI=1S/C7H9Br3N2/c1-4-7(10)5(2)12(11-4)6(9)3-8/h6H,3H2,1-2H3. The molecule has 12 heavy (non-hydrogen) atoms. The van der Waals surface area contributed by atoms with E-state index in [0.29, 0.717) is 0 Å². The van der Waals surface area contributed by atoms with E-state index in [1.807, 2.05) is 18.5 Å². The van der Waals surface area contributed by atoms with Gasteiger partial charge in [-0.15, -0.1) is 0 Å². The van der Waals surface area contributed by atoms with Gasteiger partial charge in [0.05, 0.1) is 15.9 Å². The Labute approximate surface area is 97.1 Å². The van der Waals surface area contributed by atoms with Gasteiger partial charge in [-0.25, -0.2) is 0 Å². The minimum Gasteiger partial charge on any atom is -0.254 e. The number of nitrogens with zero attached hydrogens (tertiary/aromatic N) is 2. The fourth-order valence-electron chi connectivity index (χ4n) is 0.981. The van der Waals surface area contributed by atoms with Crippen LogP contribution in [0.1, 0.15) is 16.3 Å². The molecule has 0 aliphatic carbocycles. The number of hydrogen-bond acceptors (Lipinski definition) is 1. The Morgan fingerprint density at radius 1 is 1.50 bits per heavy atom. The third kappa shape index (κ3) is 1.93. The average molecular weight is 361 g/mol. The average Bonchev–Trinajstić information content (AvgIpc) is 2.32. The van der Waals surface area contributed by atoms with Gasteiger partial charge in [-0.1, -0.05) is 31.9 Å². The van der Waals surface area contributed by atoms with Gasteiger partial charge in [-0.2, -0.15) is 5.10 Å². The smallest absolute Gasteiger partial charge is 0.116 e. The Kier molecular flexibility index (Phi) is 3.79. The number of rotatable bonds is 2. The molecule has 0 N–H and O–H groups in total. The first-order chi connectivity index (χ1) is 5.57. The van der Waals surface area contributed by atoms with Crippen molar-refractivity contribution in [1.82, 2.24) is 9.78 Å². The summed E-state index contributed by atoms with van der Waals surface area (Å²) in [6, 6.07) is 0. The topological polar surface area (TPSA) is 17.8 Å². The van der Waals surface area contributed by atoms with Crippen LogP contribution in [0.3, 0.4) is 0 Å². The maximum absolute atomic E-state index is 4.37. The number of aromatic nitrogens is 2. The largest absolute Gasteiger partial charge is 0.254 e. The van der Waals surface area contributed by atoms with Gasteiger partial charge in [0.1, 0.15) is 4.95 Å². The van der Waals surface area contributed by atoms with Crippen LogP contribution in [0.4, 0.5) is 0 Å². The Balaban J connectivity index is 3.08. The van der Waals surface area contributed by atoms with E-state index in [2.05, 4.69) is 52.9 Å². The highest BCUT2D eigenvalue weighted by molar-refractivity contribution is 9.12. The van der Waals surface area contributed by atoms with Crippen LogP contribution < -0.4 is 0 Å². The Morgan fingerprint density at radius 3 is 2.42 bits per heavy atom. The third-order valence-electron chi connectivity index (χ3n) is 1.63. The monoisotopic (exact) mass is 358 g/mol. The quantitative estimate of drug-likeness (QED) is 0.737. The lowest BCUT2D eigenvalue weighted by atomic mass is 10.4. The van der Waals surface area contributed by atoms with Gasteiger partial charge in [-0.05, 0) is 29.8 Å². The van der Waals surface area contributed by atoms with Crippen molar-refractivity contribution in [2.24, 2.45) is 0 Å². The molecule has 1 unspecified atom stereocenters. The lowest BCUT2D eigenvalue weighted by Crippen LogP contribution is -2.06. The molecule has 0 aromatic carbocycles. The fourth-order valence-corrected chi connectivity index (χ4v) is 1.91. The molecule has 0 spiro atoms. The molecular formula is C7H9Br3N2. The van der Waals surface area contributed by atoms with Crippen molar-refractivity contribution in [3.8, 4) is 0 Å². The third-order valence-corrected chi connectivity index (χ3v) is 4.97. The van der Waals surface area contributed by atoms with E-state index in [4.69, 9.17) is 0 Å². The second-order valence-corrected chi connectivity index (χ2v) is 5.02. The predicted molar refractivity (Wildman–Crippen MR) is 61.2 cm³/mol. The van der Waals surface area contributed by atoms with Gasteiger partial charge in [-0.3, -0.25) is 4.68 Å². The van der Waals surface area contributed by atoms with Gasteiger partial charge >= 0.3 is 0 Å². The van der Waals surface area contributed by atoms with Gasteiger partial charge in [0.2, 0.25) is 0 Å². The Hall–Kier alpha value is 0.650. The van der Waals surface area contributed by atoms with Crippen LogP contribution in [0.2, 0.25) is 0 Å². The summed E-state index contributed by atoms with van der Waals surface area (Å²) in [5, 5.41) is 5.22. The SMILES string of the molecule is Cc1nn(C(Br)CBr)c(C)c1Br. The normalized spacial score (nSPS) is 13.4. The van der Waals surface area contributed by atoms with Crippen LogP contribution >= 0.6 is 47.8 Å². The zero-order valence-corrected chi connectivity index (χ0v) is 11.6. The lowest BCUT2D eigenvalue weighted by molar-refractivity contribution is 0.636. The van der Waals surface area contributed by atoms with E-state index >= 15 is 0 Å². The van der Waals surface area contributed by atoms with E-state index in [1.54, 1.807) is 0 Å². The van der Waals surface area contributed by atoms with Gasteiger partial charge < -0.3 is 0 Å². The lowest BCUT2D eigenvalue weighted by Gasteiger charge is -2.08. The van der Waals surface area contributed by atoms with E-state index in [9.17, 15) is 0 Å². The molecule has 0 saturated carbocycles. The van der Waals surface area contributed by atoms with Crippen LogP contribution in [0.15, 0.2) is 4.47 Å². The number of hydrogen-bond donors (Lipinski definition) is 0. The molecule has 5 heteroatoms. The molecule has 0 amide bonds. The molecule has 1 heterocycles. The number of alkyl halides is 2. The maximum Gasteiger partial charge on any atom is 0.116 e. The van der Waals surface area contributed by atoms with E-state index in [0.717, 1.165) is 21.2 Å². The van der Waals surface area contributed by atoms with Crippen molar-refractivity contribution in [3.05, 3.63) is 15.9 Å². The van der Waals surface area contributed by atoms with Gasteiger partial charge in [0.25, 0.3) is 0 Å². The zero-order valence-electron chi connectivity index (χ0n) is 6.81. The summed E-state index contributed by atoms with van der Waals surface area (Å²) in [7, 11) is 0. The van der Waals surface area contributed by atoms with Crippen molar-refractivity contribution in [1.29, 1.82) is 0 Å². The summed E-state index contributed by atoms with van der Waals surface area (Å²) in [5.74, 6) is 0. The molecule has 1 atom stereocenters. The van der Waals surface area contributed by atoms with Crippen molar-refractivity contribution in [3.63, 3.8) is 0 Å². The number of halogens is 3. The van der Waals surface area contributed by atoms with Crippen molar-refractivity contribution in [2.45, 2.75) is 18.8 Å². The highest BCUT2D eigenvalue weighted by Gasteiger charge is 2.13. The molecule has 68 valence electrons. The second kappa shape index (κ2) is 4.24. The number of aryl methyl sites for hydroxylation is 1. The Morgan fingerprint density at radius 2 is 2.08 bits per heavy atom. The highest BCUT2D eigenvalue weighted by Crippen LogP contribution is 2.26. The molecule has 1 rings (SSSR count). The first kappa shape index (κ1) is 10.7. The predicted octanol–water partition coefficient (Wildman–Crippen LogP) is 3.55. The molecule has 1 aromatic rings. The molecule has 0 saturated heterocycles.